The average molecular weight is 515 g/mol. The molecule has 1 fully saturated rings. The molecule has 1 aliphatic heterocycles. The molecule has 0 radical (unpaired) electrons. The summed E-state index contributed by atoms with van der Waals surface area (Å²) in [6, 6.07) is 25.7. The summed E-state index contributed by atoms with van der Waals surface area (Å²) >= 11 is 0. The average Bonchev–Trinajstić information content (AvgIpc) is 2.91. The van der Waals surface area contributed by atoms with Crippen LogP contribution < -0.4 is 5.32 Å². The van der Waals surface area contributed by atoms with E-state index in [-0.39, 0.29) is 24.1 Å². The largest absolute Gasteiger partial charge is 0.508 e. The van der Waals surface area contributed by atoms with Crippen molar-refractivity contribution in [1.29, 1.82) is 0 Å². The number of carbonyl (C=O) groups excluding carboxylic acids is 1. The molecular weight excluding hydrogens is 476 g/mol. The molecule has 3 N–H and O–H groups in total. The van der Waals surface area contributed by atoms with Gasteiger partial charge >= 0.3 is 5.97 Å². The summed E-state index contributed by atoms with van der Waals surface area (Å²) in [6.45, 7) is 5.82. The van der Waals surface area contributed by atoms with Gasteiger partial charge in [0.15, 0.2) is 0 Å². The summed E-state index contributed by atoms with van der Waals surface area (Å²) in [5.74, 6) is -0.665. The highest BCUT2D eigenvalue weighted by Crippen LogP contribution is 2.40. The molecule has 1 unspecified atom stereocenters. The highest BCUT2D eigenvalue weighted by molar-refractivity contribution is 5.85. The Kier molecular flexibility index (Phi) is 9.19. The molecule has 0 aliphatic carbocycles. The number of carbonyl (C=O) groups is 2. The Balaban J connectivity index is 1.59. The van der Waals surface area contributed by atoms with Crippen molar-refractivity contribution in [3.05, 3.63) is 102 Å². The predicted molar refractivity (Wildman–Crippen MR) is 149 cm³/mol. The molecule has 1 aliphatic rings. The van der Waals surface area contributed by atoms with E-state index >= 15 is 0 Å². The summed E-state index contributed by atoms with van der Waals surface area (Å²) in [4.78, 5) is 28.2. The van der Waals surface area contributed by atoms with Gasteiger partial charge in [0, 0.05) is 19.0 Å². The fourth-order valence-electron chi connectivity index (χ4n) is 5.60. The summed E-state index contributed by atoms with van der Waals surface area (Å²) in [5.41, 5.74) is 2.94. The molecule has 0 bridgehead atoms. The molecule has 1 heterocycles. The van der Waals surface area contributed by atoms with Crippen molar-refractivity contribution in [3.63, 3.8) is 0 Å². The number of hydrogen-bond acceptors (Lipinski definition) is 4. The van der Waals surface area contributed by atoms with Gasteiger partial charge in [0.1, 0.15) is 11.8 Å². The minimum atomic E-state index is -1.04. The molecule has 3 aromatic rings. The molecule has 6 heteroatoms. The lowest BCUT2D eigenvalue weighted by molar-refractivity contribution is -0.142. The molecule has 0 saturated carbocycles. The van der Waals surface area contributed by atoms with Gasteiger partial charge in [-0.15, -0.1) is 0 Å². The number of piperidine rings is 1. The lowest BCUT2D eigenvalue weighted by Gasteiger charge is -2.45. The first-order chi connectivity index (χ1) is 18.3. The SMILES string of the molecule is C[C@@H]1CCN(C[C@H](Cc2ccccc2)C(=O)N[C@@H](Cc2ccccc2)C(=O)O)C(c2cccc(O)c2)[C@@H]1C. The molecule has 200 valence electrons. The van der Waals surface area contributed by atoms with Gasteiger partial charge in [0.25, 0.3) is 0 Å². The smallest absolute Gasteiger partial charge is 0.326 e. The molecular formula is C32H38N2O4. The molecule has 0 aromatic heterocycles. The first-order valence-electron chi connectivity index (χ1n) is 13.5. The van der Waals surface area contributed by atoms with Crippen LogP contribution in [0, 0.1) is 17.8 Å². The van der Waals surface area contributed by atoms with Crippen LogP contribution in [0.15, 0.2) is 84.9 Å². The number of rotatable bonds is 10. The third-order valence-corrected chi connectivity index (χ3v) is 7.92. The number of carboxylic acid groups (broad SMARTS) is 1. The van der Waals surface area contributed by atoms with E-state index in [0.29, 0.717) is 24.8 Å². The Hall–Kier alpha value is -3.64. The van der Waals surface area contributed by atoms with Crippen molar-refractivity contribution in [2.75, 3.05) is 13.1 Å². The monoisotopic (exact) mass is 514 g/mol. The fourth-order valence-corrected chi connectivity index (χ4v) is 5.60. The van der Waals surface area contributed by atoms with E-state index in [4.69, 9.17) is 0 Å². The van der Waals surface area contributed by atoms with E-state index < -0.39 is 17.9 Å². The number of hydrogen-bond donors (Lipinski definition) is 3. The van der Waals surface area contributed by atoms with Gasteiger partial charge in [-0.25, -0.2) is 4.79 Å². The zero-order chi connectivity index (χ0) is 27.1. The van der Waals surface area contributed by atoms with Crippen molar-refractivity contribution < 1.29 is 19.8 Å². The predicted octanol–water partition coefficient (Wildman–Crippen LogP) is 5.08. The van der Waals surface area contributed by atoms with Crippen molar-refractivity contribution in [2.24, 2.45) is 17.8 Å². The van der Waals surface area contributed by atoms with Crippen LogP contribution in [-0.2, 0) is 22.4 Å². The van der Waals surface area contributed by atoms with Crippen molar-refractivity contribution in [3.8, 4) is 5.75 Å². The highest BCUT2D eigenvalue weighted by atomic mass is 16.4. The molecule has 1 saturated heterocycles. The second kappa shape index (κ2) is 12.7. The second-order valence-corrected chi connectivity index (χ2v) is 10.6. The van der Waals surface area contributed by atoms with Gasteiger partial charge in [-0.05, 0) is 60.0 Å². The quantitative estimate of drug-likeness (QED) is 0.351. The third kappa shape index (κ3) is 7.01. The maximum Gasteiger partial charge on any atom is 0.326 e. The van der Waals surface area contributed by atoms with Crippen LogP contribution in [0.3, 0.4) is 0 Å². The number of phenolic OH excluding ortho intramolecular Hbond substituents is 1. The lowest BCUT2D eigenvalue weighted by Crippen LogP contribution is -2.50. The molecule has 4 rings (SSSR count). The van der Waals surface area contributed by atoms with Crippen molar-refractivity contribution in [2.45, 2.75) is 45.2 Å². The minimum absolute atomic E-state index is 0.0523. The van der Waals surface area contributed by atoms with Crippen LogP contribution in [0.25, 0.3) is 0 Å². The summed E-state index contributed by atoms with van der Waals surface area (Å²) in [7, 11) is 0. The van der Waals surface area contributed by atoms with Crippen molar-refractivity contribution >= 4 is 11.9 Å². The Labute approximate surface area is 225 Å². The number of phenols is 1. The maximum atomic E-state index is 13.7. The Morgan fingerprint density at radius 1 is 0.921 bits per heavy atom. The summed E-state index contributed by atoms with van der Waals surface area (Å²) < 4.78 is 0. The zero-order valence-corrected chi connectivity index (χ0v) is 22.2. The van der Waals surface area contributed by atoms with Crippen LogP contribution in [-0.4, -0.2) is 46.1 Å². The first kappa shape index (κ1) is 27.4. The number of nitrogens with zero attached hydrogens (tertiary/aromatic N) is 1. The van der Waals surface area contributed by atoms with Crippen LogP contribution in [0.1, 0.15) is 43.0 Å². The van der Waals surface area contributed by atoms with Gasteiger partial charge in [0.2, 0.25) is 5.91 Å². The van der Waals surface area contributed by atoms with Gasteiger partial charge < -0.3 is 15.5 Å². The Bertz CT molecular complexity index is 1200. The normalized spacial score (nSPS) is 21.4. The van der Waals surface area contributed by atoms with E-state index in [1.165, 1.54) is 0 Å². The van der Waals surface area contributed by atoms with E-state index in [9.17, 15) is 19.8 Å². The number of nitrogens with one attached hydrogen (secondary N) is 1. The molecule has 0 spiro atoms. The van der Waals surface area contributed by atoms with Crippen LogP contribution >= 0.6 is 0 Å². The lowest BCUT2D eigenvalue weighted by atomic mass is 9.78. The van der Waals surface area contributed by atoms with Gasteiger partial charge in [-0.3, -0.25) is 9.69 Å². The van der Waals surface area contributed by atoms with Crippen LogP contribution in [0.4, 0.5) is 0 Å². The van der Waals surface area contributed by atoms with E-state index in [0.717, 1.165) is 29.7 Å². The molecule has 5 atom stereocenters. The van der Waals surface area contributed by atoms with Gasteiger partial charge in [-0.1, -0.05) is 86.6 Å². The van der Waals surface area contributed by atoms with E-state index in [1.54, 1.807) is 6.07 Å². The number of likely N-dealkylation sites (tertiary alicyclic amines) is 1. The van der Waals surface area contributed by atoms with Gasteiger partial charge in [-0.2, -0.15) is 0 Å². The second-order valence-electron chi connectivity index (χ2n) is 10.6. The minimum Gasteiger partial charge on any atom is -0.508 e. The number of aromatic hydroxyl groups is 1. The number of amides is 1. The van der Waals surface area contributed by atoms with Crippen LogP contribution in [0.2, 0.25) is 0 Å². The maximum absolute atomic E-state index is 13.7. The molecule has 1 amide bonds. The van der Waals surface area contributed by atoms with E-state index in [1.807, 2.05) is 78.9 Å². The van der Waals surface area contributed by atoms with Gasteiger partial charge in [0.05, 0.1) is 5.92 Å². The summed E-state index contributed by atoms with van der Waals surface area (Å²) in [6.07, 6.45) is 1.75. The Morgan fingerprint density at radius 3 is 2.16 bits per heavy atom. The number of carboxylic acids is 1. The summed E-state index contributed by atoms with van der Waals surface area (Å²) in [5, 5.41) is 22.9. The third-order valence-electron chi connectivity index (χ3n) is 7.92. The number of benzene rings is 3. The Morgan fingerprint density at radius 2 is 1.55 bits per heavy atom. The first-order valence-corrected chi connectivity index (χ1v) is 13.5. The molecule has 6 nitrogen and oxygen atoms in total. The van der Waals surface area contributed by atoms with E-state index in [2.05, 4.69) is 24.1 Å². The van der Waals surface area contributed by atoms with Crippen molar-refractivity contribution in [1.82, 2.24) is 10.2 Å². The zero-order valence-electron chi connectivity index (χ0n) is 22.2. The molecule has 38 heavy (non-hydrogen) atoms. The topological polar surface area (TPSA) is 89.9 Å². The standard InChI is InChI=1S/C32H38N2O4/c1-22-16-17-34(30(23(22)2)26-14-9-15-28(35)20-26)21-27(18-24-10-5-3-6-11-24)31(36)33-29(32(37)38)19-25-12-7-4-8-13-25/h3-15,20,22-23,27,29-30,35H,16-19,21H2,1-2H3,(H,33,36)(H,37,38)/t22-,23-,27+,29+,30?/m1/s1. The fraction of sp³-hybridized carbons (Fsp3) is 0.375. The number of aliphatic carboxylic acids is 1. The molecule has 3 aromatic carbocycles. The van der Waals surface area contributed by atoms with Crippen LogP contribution in [0.5, 0.6) is 5.75 Å². The highest BCUT2D eigenvalue weighted by Gasteiger charge is 2.37.